The minimum Gasteiger partial charge on any atom is -0.486 e. The Bertz CT molecular complexity index is 1390. The highest BCUT2D eigenvalue weighted by molar-refractivity contribution is 5.97. The van der Waals surface area contributed by atoms with E-state index >= 15 is 0 Å². The van der Waals surface area contributed by atoms with Crippen molar-refractivity contribution < 1.29 is 33.3 Å². The first kappa shape index (κ1) is 24.7. The molecule has 1 fully saturated rings. The third-order valence-corrected chi connectivity index (χ3v) is 6.15. The molecule has 3 aromatic carbocycles. The van der Waals surface area contributed by atoms with Crippen molar-refractivity contribution in [1.29, 1.82) is 0 Å². The number of nitrogens with zero attached hydrogens (tertiary/aromatic N) is 4. The highest BCUT2D eigenvalue weighted by Gasteiger charge is 2.45. The molecule has 5 rings (SSSR count). The van der Waals surface area contributed by atoms with Crippen molar-refractivity contribution in [2.75, 3.05) is 19.8 Å². The summed E-state index contributed by atoms with van der Waals surface area (Å²) in [6.07, 6.45) is -2.29. The number of carbonyl (C=O) groups is 3. The molecule has 0 spiro atoms. The third-order valence-electron chi connectivity index (χ3n) is 6.15. The number of esters is 1. The lowest BCUT2D eigenvalue weighted by molar-refractivity contribution is -0.133. The number of cyclic esters (lactones) is 1. The molecule has 2 amide bonds. The Morgan fingerprint density at radius 2 is 1.63 bits per heavy atom. The summed E-state index contributed by atoms with van der Waals surface area (Å²) in [5.74, 6) is -0.767. The van der Waals surface area contributed by atoms with E-state index in [2.05, 4.69) is 10.0 Å². The van der Waals surface area contributed by atoms with Crippen LogP contribution in [0.25, 0.3) is 10.4 Å². The van der Waals surface area contributed by atoms with Crippen LogP contribution in [0.3, 0.4) is 0 Å². The van der Waals surface area contributed by atoms with Crippen molar-refractivity contribution in [2.24, 2.45) is 5.11 Å². The van der Waals surface area contributed by atoms with E-state index in [1.165, 1.54) is 0 Å². The van der Waals surface area contributed by atoms with Crippen molar-refractivity contribution in [2.45, 2.75) is 18.2 Å². The zero-order valence-electron chi connectivity index (χ0n) is 20.0. The van der Waals surface area contributed by atoms with Crippen LogP contribution >= 0.6 is 0 Å². The fourth-order valence-corrected chi connectivity index (χ4v) is 4.33. The lowest BCUT2D eigenvalue weighted by Gasteiger charge is -2.29. The van der Waals surface area contributed by atoms with E-state index in [-0.39, 0.29) is 12.2 Å². The van der Waals surface area contributed by atoms with Crippen LogP contribution in [0.1, 0.15) is 33.6 Å². The first-order valence-electron chi connectivity index (χ1n) is 11.8. The second-order valence-corrected chi connectivity index (χ2v) is 8.46. The lowest BCUT2D eigenvalue weighted by atomic mass is 9.99. The Kier molecular flexibility index (Phi) is 7.10. The number of ether oxygens (including phenoxy) is 4. The summed E-state index contributed by atoms with van der Waals surface area (Å²) in [5.41, 5.74) is 10.6. The maximum atomic E-state index is 13.9. The second-order valence-electron chi connectivity index (χ2n) is 8.46. The average Bonchev–Trinajstić information content (AvgIpc) is 3.36. The van der Waals surface area contributed by atoms with Gasteiger partial charge in [0.25, 0.3) is 0 Å². The van der Waals surface area contributed by atoms with Crippen LogP contribution in [0.5, 0.6) is 11.5 Å². The summed E-state index contributed by atoms with van der Waals surface area (Å²) in [6, 6.07) is 19.4. The van der Waals surface area contributed by atoms with E-state index < -0.39 is 36.2 Å². The van der Waals surface area contributed by atoms with Gasteiger partial charge in [0.15, 0.2) is 17.5 Å². The molecule has 0 aromatic heterocycles. The van der Waals surface area contributed by atoms with Crippen molar-refractivity contribution in [1.82, 2.24) is 4.90 Å². The first-order chi connectivity index (χ1) is 18.6. The van der Waals surface area contributed by atoms with E-state index in [0.717, 1.165) is 4.90 Å². The Morgan fingerprint density at radius 1 is 0.947 bits per heavy atom. The molecule has 11 heteroatoms. The molecule has 3 aromatic rings. The molecule has 2 aliphatic rings. The second kappa shape index (κ2) is 10.9. The fraction of sp³-hybridized carbons (Fsp3) is 0.222. The van der Waals surface area contributed by atoms with Gasteiger partial charge in [-0.1, -0.05) is 59.7 Å². The zero-order valence-corrected chi connectivity index (χ0v) is 20.0. The Morgan fingerprint density at radius 3 is 2.34 bits per heavy atom. The molecule has 0 N–H and O–H groups in total. The molecule has 2 heterocycles. The molecule has 38 heavy (non-hydrogen) atoms. The van der Waals surface area contributed by atoms with Gasteiger partial charge in [-0.25, -0.2) is 14.5 Å². The van der Waals surface area contributed by atoms with Gasteiger partial charge in [-0.3, -0.25) is 4.79 Å². The van der Waals surface area contributed by atoms with Gasteiger partial charge < -0.3 is 18.9 Å². The Balaban J connectivity index is 1.54. The highest BCUT2D eigenvalue weighted by Crippen LogP contribution is 2.37. The van der Waals surface area contributed by atoms with Gasteiger partial charge in [0.2, 0.25) is 5.91 Å². The number of imide groups is 1. The van der Waals surface area contributed by atoms with Crippen molar-refractivity contribution in [3.05, 3.63) is 106 Å². The topological polar surface area (TPSA) is 140 Å². The van der Waals surface area contributed by atoms with E-state index in [0.29, 0.717) is 35.8 Å². The van der Waals surface area contributed by atoms with Crippen LogP contribution in [0.15, 0.2) is 84.0 Å². The average molecular weight is 514 g/mol. The molecule has 0 bridgehead atoms. The fourth-order valence-electron chi connectivity index (χ4n) is 4.33. The smallest absolute Gasteiger partial charge is 0.417 e. The van der Waals surface area contributed by atoms with Crippen molar-refractivity contribution in [3.63, 3.8) is 0 Å². The molecule has 11 nitrogen and oxygen atoms in total. The molecule has 2 aliphatic heterocycles. The van der Waals surface area contributed by atoms with Crippen LogP contribution in [-0.2, 0) is 14.3 Å². The summed E-state index contributed by atoms with van der Waals surface area (Å²) < 4.78 is 22.2. The largest absolute Gasteiger partial charge is 0.486 e. The van der Waals surface area contributed by atoms with E-state index in [1.54, 1.807) is 78.9 Å². The van der Waals surface area contributed by atoms with Crippen LogP contribution in [0.2, 0.25) is 0 Å². The van der Waals surface area contributed by atoms with E-state index in [4.69, 9.17) is 18.9 Å². The summed E-state index contributed by atoms with van der Waals surface area (Å²) in [4.78, 5) is 43.4. The lowest BCUT2D eigenvalue weighted by Crippen LogP contribution is -2.43. The number of azide groups is 1. The van der Waals surface area contributed by atoms with Crippen molar-refractivity contribution >= 4 is 18.0 Å². The number of benzene rings is 3. The molecular weight excluding hydrogens is 492 g/mol. The number of hydrogen-bond donors (Lipinski definition) is 0. The quantitative estimate of drug-likeness (QED) is 0.192. The van der Waals surface area contributed by atoms with Gasteiger partial charge in [-0.15, -0.1) is 0 Å². The van der Waals surface area contributed by atoms with Gasteiger partial charge in [0.1, 0.15) is 32.0 Å². The molecule has 192 valence electrons. The predicted octanol–water partition coefficient (Wildman–Crippen LogP) is 4.75. The molecule has 3 atom stereocenters. The number of carbonyl (C=O) groups excluding carboxylic acids is 3. The number of fused-ring (bicyclic) bond motifs is 1. The number of rotatable bonds is 7. The van der Waals surface area contributed by atoms with Gasteiger partial charge >= 0.3 is 12.1 Å². The summed E-state index contributed by atoms with van der Waals surface area (Å²) in [5, 5.41) is 3.70. The van der Waals surface area contributed by atoms with Gasteiger partial charge in [0, 0.05) is 4.91 Å². The molecule has 0 unspecified atom stereocenters. The van der Waals surface area contributed by atoms with E-state index in [9.17, 15) is 19.9 Å². The summed E-state index contributed by atoms with van der Waals surface area (Å²) in [6.45, 7) is 0.606. The normalized spacial score (nSPS) is 17.5. The molecule has 0 radical (unpaired) electrons. The number of amides is 2. The van der Waals surface area contributed by atoms with Gasteiger partial charge in [-0.05, 0) is 40.9 Å². The SMILES string of the molecule is [N-]=[N+]=N[C@H](C(=O)N1C(=O)OC[C@@H]1c1ccccc1)[C@H](OC(=O)c1ccccc1)c1ccc2c(c1)OCCO2. The maximum absolute atomic E-state index is 13.9. The standard InChI is InChI=1S/C27H22N4O7/c28-30-29-23(25(32)31-20(16-37-27(31)34)17-7-3-1-4-8-17)24(38-26(33)18-9-5-2-6-10-18)19-11-12-21-22(15-19)36-14-13-35-21/h1-12,15,20,23-24H,13-14,16H2/t20-,23+,24-/m1/s1. The molecular formula is C27H22N4O7. The van der Waals surface area contributed by atoms with Crippen LogP contribution < -0.4 is 9.47 Å². The zero-order chi connectivity index (χ0) is 26.5. The number of hydrogen-bond acceptors (Lipinski definition) is 8. The van der Waals surface area contributed by atoms with Crippen LogP contribution in [0.4, 0.5) is 4.79 Å². The van der Waals surface area contributed by atoms with Gasteiger partial charge in [-0.2, -0.15) is 0 Å². The van der Waals surface area contributed by atoms with Crippen molar-refractivity contribution in [3.8, 4) is 11.5 Å². The Labute approximate surface area is 217 Å². The summed E-state index contributed by atoms with van der Waals surface area (Å²) >= 11 is 0. The monoisotopic (exact) mass is 514 g/mol. The Hall–Kier alpha value is -5.02. The van der Waals surface area contributed by atoms with Crippen LogP contribution in [-0.4, -0.2) is 48.7 Å². The first-order valence-corrected chi connectivity index (χ1v) is 11.8. The maximum Gasteiger partial charge on any atom is 0.417 e. The molecule has 0 aliphatic carbocycles. The van der Waals surface area contributed by atoms with Crippen LogP contribution in [0, 0.1) is 0 Å². The molecule has 1 saturated heterocycles. The minimum absolute atomic E-state index is 0.0733. The highest BCUT2D eigenvalue weighted by atomic mass is 16.6. The van der Waals surface area contributed by atoms with E-state index in [1.807, 2.05) is 0 Å². The minimum atomic E-state index is -1.63. The predicted molar refractivity (Wildman–Crippen MR) is 132 cm³/mol. The van der Waals surface area contributed by atoms with Gasteiger partial charge in [0.05, 0.1) is 5.56 Å². The third kappa shape index (κ3) is 4.95. The molecule has 0 saturated carbocycles. The summed E-state index contributed by atoms with van der Waals surface area (Å²) in [7, 11) is 0.